The van der Waals surface area contributed by atoms with Crippen LogP contribution in [-0.4, -0.2) is 30.9 Å². The van der Waals surface area contributed by atoms with Crippen LogP contribution in [-0.2, 0) is 14.8 Å². The summed E-state index contributed by atoms with van der Waals surface area (Å²) in [6.07, 6.45) is 0. The van der Waals surface area contributed by atoms with Gasteiger partial charge in [-0.1, -0.05) is 0 Å². The Balaban J connectivity index is 3.11. The second kappa shape index (κ2) is 2.70. The quantitative estimate of drug-likeness (QED) is 0.547. The maximum atomic E-state index is 11.4. The van der Waals surface area contributed by atoms with Gasteiger partial charge in [-0.25, -0.2) is 12.7 Å². The number of nitriles is 1. The monoisotopic (exact) mass is 202 g/mol. The van der Waals surface area contributed by atoms with Crippen LogP contribution in [0, 0.1) is 16.7 Å². The molecule has 0 aromatic carbocycles. The van der Waals surface area contributed by atoms with Crippen molar-refractivity contribution in [1.82, 2.24) is 4.31 Å². The third-order valence-corrected chi connectivity index (χ3v) is 3.95. The Kier molecular flexibility index (Phi) is 2.08. The average molecular weight is 202 g/mol. The number of amides is 1. The van der Waals surface area contributed by atoms with Crippen LogP contribution in [0.25, 0.3) is 0 Å². The Morgan fingerprint density at radius 3 is 2.46 bits per heavy atom. The molecule has 1 aliphatic rings. The zero-order valence-electron chi connectivity index (χ0n) is 7.44. The molecule has 0 spiro atoms. The molecule has 0 N–H and O–H groups in total. The van der Waals surface area contributed by atoms with Gasteiger partial charge in [-0.2, -0.15) is 5.26 Å². The molecule has 0 aromatic rings. The Hall–Kier alpha value is -1.09. The highest BCUT2D eigenvalue weighted by Crippen LogP contribution is 2.31. The second-order valence-electron chi connectivity index (χ2n) is 3.61. The van der Waals surface area contributed by atoms with E-state index in [1.54, 1.807) is 19.9 Å². The summed E-state index contributed by atoms with van der Waals surface area (Å²) in [4.78, 5) is 11.4. The normalized spacial score (nSPS) is 24.4. The van der Waals surface area contributed by atoms with E-state index in [4.69, 9.17) is 5.26 Å². The molecule has 1 rings (SSSR count). The van der Waals surface area contributed by atoms with Crippen LogP contribution in [0.3, 0.4) is 0 Å². The van der Waals surface area contributed by atoms with E-state index in [0.717, 1.165) is 0 Å². The summed E-state index contributed by atoms with van der Waals surface area (Å²) in [5, 5.41) is 8.34. The number of hydrogen-bond acceptors (Lipinski definition) is 4. The fourth-order valence-electron chi connectivity index (χ4n) is 1.29. The molecular weight excluding hydrogens is 192 g/mol. The minimum atomic E-state index is -3.54. The topological polar surface area (TPSA) is 78.2 Å². The molecule has 0 atom stereocenters. The first-order valence-corrected chi connectivity index (χ1v) is 5.34. The molecule has 0 aliphatic carbocycles. The Morgan fingerprint density at radius 1 is 1.62 bits per heavy atom. The summed E-state index contributed by atoms with van der Waals surface area (Å²) in [6.45, 7) is 2.74. The Morgan fingerprint density at radius 2 is 2.15 bits per heavy atom. The van der Waals surface area contributed by atoms with Crippen molar-refractivity contribution < 1.29 is 13.2 Å². The third kappa shape index (κ3) is 1.52. The molecule has 6 heteroatoms. The van der Waals surface area contributed by atoms with Crippen molar-refractivity contribution in [2.45, 2.75) is 13.8 Å². The van der Waals surface area contributed by atoms with Crippen molar-refractivity contribution in [3.8, 4) is 6.07 Å². The number of carbonyl (C=O) groups is 1. The fraction of sp³-hybridized carbons (Fsp3) is 0.714. The zero-order valence-corrected chi connectivity index (χ0v) is 8.26. The molecule has 72 valence electrons. The number of nitrogens with zero attached hydrogens (tertiary/aromatic N) is 2. The van der Waals surface area contributed by atoms with E-state index in [1.165, 1.54) is 0 Å². The van der Waals surface area contributed by atoms with E-state index < -0.39 is 21.3 Å². The van der Waals surface area contributed by atoms with E-state index in [-0.39, 0.29) is 12.3 Å². The smallest absolute Gasteiger partial charge is 0.243 e. The number of sulfonamides is 1. The summed E-state index contributed by atoms with van der Waals surface area (Å²) < 4.78 is 23.3. The lowest BCUT2D eigenvalue weighted by Crippen LogP contribution is -2.33. The van der Waals surface area contributed by atoms with E-state index in [1.807, 2.05) is 0 Å². The summed E-state index contributed by atoms with van der Waals surface area (Å²) in [6, 6.07) is 1.66. The molecule has 5 nitrogen and oxygen atoms in total. The second-order valence-corrected chi connectivity index (χ2v) is 5.50. The number of rotatable bonds is 1. The first kappa shape index (κ1) is 9.99. The van der Waals surface area contributed by atoms with Crippen molar-refractivity contribution in [2.24, 2.45) is 5.41 Å². The number of hydrogen-bond donors (Lipinski definition) is 0. The fourth-order valence-corrected chi connectivity index (χ4v) is 3.24. The molecule has 1 heterocycles. The molecule has 1 fully saturated rings. The van der Waals surface area contributed by atoms with Gasteiger partial charge in [0.2, 0.25) is 15.9 Å². The van der Waals surface area contributed by atoms with E-state index >= 15 is 0 Å². The van der Waals surface area contributed by atoms with Gasteiger partial charge < -0.3 is 0 Å². The lowest BCUT2D eigenvalue weighted by Gasteiger charge is -2.13. The van der Waals surface area contributed by atoms with Gasteiger partial charge in [0, 0.05) is 0 Å². The standard InChI is InChI=1S/C7H10N2O3S/c1-7(2)5-13(11,12)9(4-3-8)6(7)10/h4-5H2,1-2H3. The highest BCUT2D eigenvalue weighted by atomic mass is 32.2. The molecule has 0 saturated carbocycles. The van der Waals surface area contributed by atoms with Crippen LogP contribution in [0.2, 0.25) is 0 Å². The minimum absolute atomic E-state index is 0.208. The highest BCUT2D eigenvalue weighted by Gasteiger charge is 2.48. The van der Waals surface area contributed by atoms with Crippen LogP contribution < -0.4 is 0 Å². The van der Waals surface area contributed by atoms with Gasteiger partial charge in [-0.05, 0) is 13.8 Å². The molecule has 0 bridgehead atoms. The highest BCUT2D eigenvalue weighted by molar-refractivity contribution is 7.90. The maximum absolute atomic E-state index is 11.4. The first-order chi connectivity index (χ1) is 5.81. The van der Waals surface area contributed by atoms with Crippen molar-refractivity contribution >= 4 is 15.9 Å². The van der Waals surface area contributed by atoms with Crippen LogP contribution in [0.15, 0.2) is 0 Å². The molecule has 0 aromatic heterocycles. The SMILES string of the molecule is CC1(C)CS(=O)(=O)N(CC#N)C1=O. The van der Waals surface area contributed by atoms with Crippen LogP contribution >= 0.6 is 0 Å². The summed E-state index contributed by atoms with van der Waals surface area (Å²) in [7, 11) is -3.54. The van der Waals surface area contributed by atoms with Crippen molar-refractivity contribution in [3.05, 3.63) is 0 Å². The van der Waals surface area contributed by atoms with Gasteiger partial charge in [0.1, 0.15) is 6.54 Å². The summed E-state index contributed by atoms with van der Waals surface area (Å²) in [5.41, 5.74) is -0.893. The third-order valence-electron chi connectivity index (χ3n) is 1.90. The summed E-state index contributed by atoms with van der Waals surface area (Å²) >= 11 is 0. The van der Waals surface area contributed by atoms with E-state index in [0.29, 0.717) is 4.31 Å². The Labute approximate surface area is 77.0 Å². The molecule has 13 heavy (non-hydrogen) atoms. The van der Waals surface area contributed by atoms with Gasteiger partial charge >= 0.3 is 0 Å². The molecule has 1 saturated heterocycles. The first-order valence-electron chi connectivity index (χ1n) is 3.73. The molecule has 1 aliphatic heterocycles. The molecular formula is C7H10N2O3S. The zero-order chi connectivity index (χ0) is 10.3. The largest absolute Gasteiger partial charge is 0.273 e. The Bertz CT molecular complexity index is 377. The number of carbonyl (C=O) groups excluding carboxylic acids is 1. The van der Waals surface area contributed by atoms with Gasteiger partial charge in [0.05, 0.1) is 17.2 Å². The van der Waals surface area contributed by atoms with E-state index in [9.17, 15) is 13.2 Å². The lowest BCUT2D eigenvalue weighted by atomic mass is 9.96. The van der Waals surface area contributed by atoms with Gasteiger partial charge in [0.25, 0.3) is 0 Å². The van der Waals surface area contributed by atoms with Crippen LogP contribution in [0.5, 0.6) is 0 Å². The minimum Gasteiger partial charge on any atom is -0.273 e. The van der Waals surface area contributed by atoms with Crippen molar-refractivity contribution in [2.75, 3.05) is 12.3 Å². The van der Waals surface area contributed by atoms with Crippen LogP contribution in [0.4, 0.5) is 0 Å². The maximum Gasteiger partial charge on any atom is 0.243 e. The molecule has 0 radical (unpaired) electrons. The summed E-state index contributed by atoms with van der Waals surface area (Å²) in [5.74, 6) is -0.699. The van der Waals surface area contributed by atoms with Crippen LogP contribution in [0.1, 0.15) is 13.8 Å². The van der Waals surface area contributed by atoms with Crippen molar-refractivity contribution in [1.29, 1.82) is 5.26 Å². The average Bonchev–Trinajstić information content (AvgIpc) is 2.09. The lowest BCUT2D eigenvalue weighted by molar-refractivity contribution is -0.132. The predicted molar refractivity (Wildman–Crippen MR) is 44.9 cm³/mol. The van der Waals surface area contributed by atoms with Gasteiger partial charge in [-0.3, -0.25) is 4.79 Å². The van der Waals surface area contributed by atoms with Gasteiger partial charge in [-0.15, -0.1) is 0 Å². The molecule has 0 unspecified atom stereocenters. The van der Waals surface area contributed by atoms with Crippen molar-refractivity contribution in [3.63, 3.8) is 0 Å². The molecule has 1 amide bonds. The van der Waals surface area contributed by atoms with Gasteiger partial charge in [0.15, 0.2) is 0 Å². The predicted octanol–water partition coefficient (Wildman–Crippen LogP) is -0.292. The van der Waals surface area contributed by atoms with E-state index in [2.05, 4.69) is 0 Å².